The lowest BCUT2D eigenvalue weighted by atomic mass is 9.74. The fourth-order valence-electron chi connectivity index (χ4n) is 6.14. The van der Waals surface area contributed by atoms with Gasteiger partial charge in [-0.2, -0.15) is 0 Å². The molecule has 1 saturated carbocycles. The Hall–Kier alpha value is -2.82. The Bertz CT molecular complexity index is 988. The van der Waals surface area contributed by atoms with Crippen molar-refractivity contribution in [1.82, 2.24) is 4.90 Å². The zero-order chi connectivity index (χ0) is 20.9. The Balaban J connectivity index is 1.53. The van der Waals surface area contributed by atoms with Crippen LogP contribution in [0.5, 0.6) is 5.75 Å². The summed E-state index contributed by atoms with van der Waals surface area (Å²) in [4.78, 5) is 27.6. The summed E-state index contributed by atoms with van der Waals surface area (Å²) < 4.78 is 11.2. The molecular weight excluding hydrogens is 378 g/mol. The van der Waals surface area contributed by atoms with E-state index in [0.717, 1.165) is 29.7 Å². The van der Waals surface area contributed by atoms with E-state index in [4.69, 9.17) is 9.47 Å². The molecule has 156 valence electrons. The van der Waals surface area contributed by atoms with Crippen molar-refractivity contribution in [3.05, 3.63) is 65.2 Å². The number of esters is 1. The number of benzene rings is 2. The molecule has 0 aromatic heterocycles. The minimum atomic E-state index is -0.422. The first-order chi connectivity index (χ1) is 14.5. The molecular formula is C25H27NO4. The van der Waals surface area contributed by atoms with E-state index in [0.29, 0.717) is 19.6 Å². The molecule has 2 heterocycles. The van der Waals surface area contributed by atoms with Crippen LogP contribution in [0.15, 0.2) is 48.5 Å². The van der Waals surface area contributed by atoms with Crippen LogP contribution >= 0.6 is 0 Å². The van der Waals surface area contributed by atoms with E-state index in [2.05, 4.69) is 19.1 Å². The molecule has 2 fully saturated rings. The van der Waals surface area contributed by atoms with Gasteiger partial charge in [-0.1, -0.05) is 43.3 Å². The number of hydrogen-bond donors (Lipinski definition) is 0. The highest BCUT2D eigenvalue weighted by molar-refractivity contribution is 5.85. The molecule has 5 heteroatoms. The fraction of sp³-hybridized carbons (Fsp3) is 0.440. The standard InChI is InChI=1S/C25H27NO4/c1-16-14-25-20-12-19(30-15-17-6-4-3-5-7-17)9-8-18(20)10-11-26(25)22(27)13-21(25)23(16)24(28)29-2/h3-9,12,16,21,23H,10-11,13-15H2,1-2H3/t16-,21-,23+,25?/m0/s1. The molecule has 2 aromatic carbocycles. The van der Waals surface area contributed by atoms with Crippen molar-refractivity contribution in [1.29, 1.82) is 0 Å². The lowest BCUT2D eigenvalue weighted by Gasteiger charge is -2.44. The van der Waals surface area contributed by atoms with Gasteiger partial charge in [0.25, 0.3) is 0 Å². The molecule has 1 saturated heterocycles. The van der Waals surface area contributed by atoms with Crippen LogP contribution < -0.4 is 4.74 Å². The average molecular weight is 405 g/mol. The first-order valence-corrected chi connectivity index (χ1v) is 10.7. The Morgan fingerprint density at radius 2 is 2.00 bits per heavy atom. The molecule has 5 nitrogen and oxygen atoms in total. The van der Waals surface area contributed by atoms with E-state index >= 15 is 0 Å². The normalized spacial score (nSPS) is 29.2. The highest BCUT2D eigenvalue weighted by Crippen LogP contribution is 2.61. The molecule has 1 aliphatic carbocycles. The summed E-state index contributed by atoms with van der Waals surface area (Å²) >= 11 is 0. The second-order valence-electron chi connectivity index (χ2n) is 8.85. The van der Waals surface area contributed by atoms with Crippen LogP contribution in [0.25, 0.3) is 0 Å². The summed E-state index contributed by atoms with van der Waals surface area (Å²) in [5.41, 5.74) is 3.11. The van der Waals surface area contributed by atoms with E-state index in [9.17, 15) is 9.59 Å². The third-order valence-electron chi connectivity index (χ3n) is 7.34. The first-order valence-electron chi connectivity index (χ1n) is 10.7. The number of hydrogen-bond acceptors (Lipinski definition) is 4. The van der Waals surface area contributed by atoms with Crippen molar-refractivity contribution in [2.75, 3.05) is 13.7 Å². The molecule has 4 atom stereocenters. The van der Waals surface area contributed by atoms with Crippen molar-refractivity contribution >= 4 is 11.9 Å². The number of amides is 1. The van der Waals surface area contributed by atoms with Crippen LogP contribution in [0.1, 0.15) is 36.5 Å². The van der Waals surface area contributed by atoms with Crippen LogP contribution in [-0.4, -0.2) is 30.4 Å². The molecule has 1 unspecified atom stereocenters. The second-order valence-corrected chi connectivity index (χ2v) is 8.85. The van der Waals surface area contributed by atoms with Gasteiger partial charge in [0.05, 0.1) is 18.6 Å². The van der Waals surface area contributed by atoms with Gasteiger partial charge in [-0.3, -0.25) is 9.59 Å². The zero-order valence-electron chi connectivity index (χ0n) is 17.5. The lowest BCUT2D eigenvalue weighted by Crippen LogP contribution is -2.49. The summed E-state index contributed by atoms with van der Waals surface area (Å²) in [6, 6.07) is 16.4. The SMILES string of the molecule is COC(=O)[C@@H]1[C@@H](C)CC23c4cc(OCc5ccccc5)ccc4CCN2C(=O)C[C@@H]13. The van der Waals surface area contributed by atoms with Gasteiger partial charge in [0.1, 0.15) is 12.4 Å². The molecule has 30 heavy (non-hydrogen) atoms. The molecule has 0 bridgehead atoms. The van der Waals surface area contributed by atoms with Gasteiger partial charge in [0, 0.05) is 18.9 Å². The van der Waals surface area contributed by atoms with Crippen LogP contribution in [0.2, 0.25) is 0 Å². The van der Waals surface area contributed by atoms with Gasteiger partial charge >= 0.3 is 5.97 Å². The molecule has 2 aromatic rings. The molecule has 5 rings (SSSR count). The predicted octanol–water partition coefficient (Wildman–Crippen LogP) is 3.69. The van der Waals surface area contributed by atoms with Gasteiger partial charge in [-0.05, 0) is 47.6 Å². The highest BCUT2D eigenvalue weighted by atomic mass is 16.5. The number of methoxy groups -OCH3 is 1. The van der Waals surface area contributed by atoms with Crippen LogP contribution in [0.3, 0.4) is 0 Å². The van der Waals surface area contributed by atoms with Crippen molar-refractivity contribution in [3.63, 3.8) is 0 Å². The maximum absolute atomic E-state index is 12.9. The Labute approximate surface area is 177 Å². The topological polar surface area (TPSA) is 55.8 Å². The predicted molar refractivity (Wildman–Crippen MR) is 112 cm³/mol. The van der Waals surface area contributed by atoms with E-state index in [-0.39, 0.29) is 29.6 Å². The van der Waals surface area contributed by atoms with Gasteiger partial charge in [-0.15, -0.1) is 0 Å². The number of carbonyl (C=O) groups is 2. The van der Waals surface area contributed by atoms with Gasteiger partial charge in [0.15, 0.2) is 0 Å². The smallest absolute Gasteiger partial charge is 0.309 e. The summed E-state index contributed by atoms with van der Waals surface area (Å²) in [5, 5.41) is 0. The summed E-state index contributed by atoms with van der Waals surface area (Å²) in [6.07, 6.45) is 2.04. The maximum Gasteiger partial charge on any atom is 0.309 e. The van der Waals surface area contributed by atoms with Crippen molar-refractivity contribution in [2.24, 2.45) is 17.8 Å². The number of carbonyl (C=O) groups excluding carboxylic acids is 2. The van der Waals surface area contributed by atoms with Crippen molar-refractivity contribution < 1.29 is 19.1 Å². The Kier molecular flexibility index (Phi) is 4.57. The van der Waals surface area contributed by atoms with Crippen molar-refractivity contribution in [3.8, 4) is 5.75 Å². The van der Waals surface area contributed by atoms with Gasteiger partial charge in [0.2, 0.25) is 5.91 Å². The molecule has 0 radical (unpaired) electrons. The Morgan fingerprint density at radius 3 is 2.77 bits per heavy atom. The number of fused-ring (bicyclic) bond motifs is 1. The van der Waals surface area contributed by atoms with E-state index < -0.39 is 5.54 Å². The first kappa shape index (κ1) is 19.2. The monoisotopic (exact) mass is 405 g/mol. The zero-order valence-corrected chi connectivity index (χ0v) is 17.5. The molecule has 0 N–H and O–H groups in total. The van der Waals surface area contributed by atoms with Gasteiger partial charge in [-0.25, -0.2) is 0 Å². The van der Waals surface area contributed by atoms with Crippen molar-refractivity contribution in [2.45, 2.75) is 38.3 Å². The van der Waals surface area contributed by atoms with Crippen LogP contribution in [0, 0.1) is 17.8 Å². The average Bonchev–Trinajstić information content (AvgIpc) is 3.20. The quantitative estimate of drug-likeness (QED) is 0.728. The third-order valence-corrected chi connectivity index (χ3v) is 7.34. The minimum Gasteiger partial charge on any atom is -0.489 e. The maximum atomic E-state index is 12.9. The molecule has 3 aliphatic rings. The number of rotatable bonds is 4. The molecule has 2 aliphatic heterocycles. The summed E-state index contributed by atoms with van der Waals surface area (Å²) in [7, 11) is 1.44. The minimum absolute atomic E-state index is 0.0455. The van der Waals surface area contributed by atoms with E-state index in [1.165, 1.54) is 12.7 Å². The van der Waals surface area contributed by atoms with Gasteiger partial charge < -0.3 is 14.4 Å². The molecule has 1 amide bonds. The third kappa shape index (κ3) is 2.75. The fourth-order valence-corrected chi connectivity index (χ4v) is 6.14. The van der Waals surface area contributed by atoms with Crippen LogP contribution in [0.4, 0.5) is 0 Å². The largest absolute Gasteiger partial charge is 0.489 e. The Morgan fingerprint density at radius 1 is 1.20 bits per heavy atom. The van der Waals surface area contributed by atoms with Crippen LogP contribution in [-0.2, 0) is 32.9 Å². The number of ether oxygens (including phenoxy) is 2. The summed E-state index contributed by atoms with van der Waals surface area (Å²) in [6.45, 7) is 3.33. The highest BCUT2D eigenvalue weighted by Gasteiger charge is 2.65. The second kappa shape index (κ2) is 7.15. The molecule has 1 spiro atoms. The summed E-state index contributed by atoms with van der Waals surface area (Å²) in [5.74, 6) is 0.642. The van der Waals surface area contributed by atoms with E-state index in [1.54, 1.807) is 0 Å². The number of nitrogens with zero attached hydrogens (tertiary/aromatic N) is 1. The van der Waals surface area contributed by atoms with E-state index in [1.807, 2.05) is 41.3 Å². The lowest BCUT2D eigenvalue weighted by molar-refractivity contribution is -0.148.